The van der Waals surface area contributed by atoms with Crippen LogP contribution in [-0.4, -0.2) is 8.32 Å². The molecule has 0 atom stereocenters. The Morgan fingerprint density at radius 3 is 2.44 bits per heavy atom. The van der Waals surface area contributed by atoms with Gasteiger partial charge in [-0.25, -0.2) is 0 Å². The summed E-state index contributed by atoms with van der Waals surface area (Å²) in [5, 5.41) is 0.250. The van der Waals surface area contributed by atoms with E-state index < -0.39 is 8.32 Å². The molecular formula is C16H24OSi. The van der Waals surface area contributed by atoms with Gasteiger partial charge in [0.05, 0.1) is 0 Å². The van der Waals surface area contributed by atoms with Crippen molar-refractivity contribution in [2.75, 3.05) is 0 Å². The molecule has 1 aliphatic rings. The van der Waals surface area contributed by atoms with Crippen LogP contribution in [0.25, 0.3) is 5.76 Å². The second-order valence-electron chi connectivity index (χ2n) is 6.63. The van der Waals surface area contributed by atoms with Gasteiger partial charge in [0.1, 0.15) is 5.76 Å². The second-order valence-corrected chi connectivity index (χ2v) is 11.4. The van der Waals surface area contributed by atoms with E-state index in [1.807, 2.05) is 0 Å². The third kappa shape index (κ3) is 2.53. The lowest BCUT2D eigenvalue weighted by Crippen LogP contribution is -2.40. The molecule has 1 aliphatic carbocycles. The predicted octanol–water partition coefficient (Wildman–Crippen LogP) is 5.00. The molecule has 0 aliphatic heterocycles. The van der Waals surface area contributed by atoms with Crippen LogP contribution in [0.1, 0.15) is 38.3 Å². The van der Waals surface area contributed by atoms with Gasteiger partial charge < -0.3 is 4.43 Å². The zero-order chi connectivity index (χ0) is 13.4. The Balaban J connectivity index is 2.29. The average molecular weight is 260 g/mol. The van der Waals surface area contributed by atoms with Crippen molar-refractivity contribution in [2.24, 2.45) is 0 Å². The van der Waals surface area contributed by atoms with E-state index in [9.17, 15) is 0 Å². The van der Waals surface area contributed by atoms with Crippen LogP contribution in [0.3, 0.4) is 0 Å². The Labute approximate surface area is 112 Å². The molecule has 0 saturated heterocycles. The molecule has 0 fully saturated rings. The first-order valence-corrected chi connectivity index (χ1v) is 9.69. The molecule has 2 rings (SSSR count). The molecule has 0 radical (unpaired) electrons. The first-order chi connectivity index (χ1) is 8.31. The molecular weight excluding hydrogens is 236 g/mol. The number of aryl methyl sites for hydroxylation is 1. The van der Waals surface area contributed by atoms with Crippen molar-refractivity contribution in [1.29, 1.82) is 0 Å². The van der Waals surface area contributed by atoms with E-state index in [0.29, 0.717) is 0 Å². The Kier molecular flexibility index (Phi) is 3.41. The molecule has 0 heterocycles. The van der Waals surface area contributed by atoms with E-state index in [1.165, 1.54) is 11.1 Å². The summed E-state index contributed by atoms with van der Waals surface area (Å²) in [5.41, 5.74) is 2.72. The van der Waals surface area contributed by atoms with Gasteiger partial charge in [-0.15, -0.1) is 0 Å². The number of hydrogen-bond donors (Lipinski definition) is 0. The van der Waals surface area contributed by atoms with Crippen LogP contribution >= 0.6 is 0 Å². The van der Waals surface area contributed by atoms with Crippen molar-refractivity contribution >= 4 is 14.1 Å². The molecule has 0 spiro atoms. The Morgan fingerprint density at radius 2 is 1.78 bits per heavy atom. The monoisotopic (exact) mass is 260 g/mol. The minimum atomic E-state index is -1.73. The van der Waals surface area contributed by atoms with Gasteiger partial charge in [-0.3, -0.25) is 0 Å². The molecule has 2 heteroatoms. The van der Waals surface area contributed by atoms with Gasteiger partial charge in [-0.2, -0.15) is 0 Å². The van der Waals surface area contributed by atoms with Crippen molar-refractivity contribution in [1.82, 2.24) is 0 Å². The largest absolute Gasteiger partial charge is 0.543 e. The zero-order valence-corrected chi connectivity index (χ0v) is 13.2. The molecule has 0 unspecified atom stereocenters. The number of allylic oxidation sites excluding steroid dienone is 1. The average Bonchev–Trinajstić information content (AvgIpc) is 2.27. The van der Waals surface area contributed by atoms with Gasteiger partial charge in [-0.05, 0) is 42.6 Å². The maximum atomic E-state index is 6.47. The first-order valence-electron chi connectivity index (χ1n) is 6.79. The highest BCUT2D eigenvalue weighted by Crippen LogP contribution is 2.40. The summed E-state index contributed by atoms with van der Waals surface area (Å²) in [6.07, 6.45) is 4.50. The standard InChI is InChI=1S/C16H24OSi/c1-16(2,3)18(4,5)17-15-12-8-10-13-9-6-7-11-14(13)15/h6-7,9,11-12H,8,10H2,1-5H3. The third-order valence-corrected chi connectivity index (χ3v) is 8.54. The van der Waals surface area contributed by atoms with Crippen LogP contribution in [0.15, 0.2) is 30.3 Å². The molecule has 1 aromatic carbocycles. The van der Waals surface area contributed by atoms with Gasteiger partial charge in [0.25, 0.3) is 0 Å². The van der Waals surface area contributed by atoms with Crippen LogP contribution in [0, 0.1) is 0 Å². The summed E-state index contributed by atoms with van der Waals surface area (Å²) in [5.74, 6) is 1.11. The predicted molar refractivity (Wildman–Crippen MR) is 81.0 cm³/mol. The fourth-order valence-corrected chi connectivity index (χ4v) is 3.02. The van der Waals surface area contributed by atoms with E-state index in [2.05, 4.69) is 64.2 Å². The van der Waals surface area contributed by atoms with Crippen molar-refractivity contribution in [3.63, 3.8) is 0 Å². The number of fused-ring (bicyclic) bond motifs is 1. The molecule has 1 nitrogen and oxygen atoms in total. The van der Waals surface area contributed by atoms with Gasteiger partial charge in [-0.1, -0.05) is 45.0 Å². The number of rotatable bonds is 2. The number of benzene rings is 1. The quantitative estimate of drug-likeness (QED) is 0.680. The zero-order valence-electron chi connectivity index (χ0n) is 12.2. The Hall–Kier alpha value is -1.02. The summed E-state index contributed by atoms with van der Waals surface area (Å²) in [6, 6.07) is 8.63. The van der Waals surface area contributed by atoms with E-state index in [0.717, 1.165) is 18.6 Å². The number of hydrogen-bond acceptors (Lipinski definition) is 1. The van der Waals surface area contributed by atoms with Gasteiger partial charge >= 0.3 is 0 Å². The third-order valence-electron chi connectivity index (χ3n) is 4.20. The van der Waals surface area contributed by atoms with Crippen LogP contribution < -0.4 is 0 Å². The minimum absolute atomic E-state index is 0.250. The molecule has 1 aromatic rings. The summed E-state index contributed by atoms with van der Waals surface area (Å²) < 4.78 is 6.47. The smallest absolute Gasteiger partial charge is 0.250 e. The molecule has 0 saturated carbocycles. The van der Waals surface area contributed by atoms with Crippen LogP contribution in [-0.2, 0) is 10.8 Å². The molecule has 0 N–H and O–H groups in total. The normalized spacial score (nSPS) is 15.9. The van der Waals surface area contributed by atoms with Crippen LogP contribution in [0.5, 0.6) is 0 Å². The van der Waals surface area contributed by atoms with Crippen molar-refractivity contribution in [2.45, 2.75) is 51.7 Å². The molecule has 0 amide bonds. The summed E-state index contributed by atoms with van der Waals surface area (Å²) >= 11 is 0. The SMILES string of the molecule is CC(C)(C)[Si](C)(C)OC1=CCCc2ccccc21. The lowest BCUT2D eigenvalue weighted by molar-refractivity contribution is 0.454. The highest BCUT2D eigenvalue weighted by atomic mass is 28.4. The van der Waals surface area contributed by atoms with E-state index in [1.54, 1.807) is 0 Å². The van der Waals surface area contributed by atoms with Crippen molar-refractivity contribution in [3.05, 3.63) is 41.5 Å². The molecule has 0 aromatic heterocycles. The summed E-state index contributed by atoms with van der Waals surface area (Å²) in [7, 11) is -1.73. The van der Waals surface area contributed by atoms with Gasteiger partial charge in [0.15, 0.2) is 0 Å². The van der Waals surface area contributed by atoms with Crippen molar-refractivity contribution < 1.29 is 4.43 Å². The van der Waals surface area contributed by atoms with E-state index >= 15 is 0 Å². The molecule has 0 bridgehead atoms. The second kappa shape index (κ2) is 4.58. The Bertz CT molecular complexity index is 466. The van der Waals surface area contributed by atoms with Gasteiger partial charge in [0.2, 0.25) is 8.32 Å². The lowest BCUT2D eigenvalue weighted by atomic mass is 9.96. The van der Waals surface area contributed by atoms with E-state index in [-0.39, 0.29) is 5.04 Å². The summed E-state index contributed by atoms with van der Waals surface area (Å²) in [6.45, 7) is 11.5. The Morgan fingerprint density at radius 1 is 1.11 bits per heavy atom. The van der Waals surface area contributed by atoms with Crippen LogP contribution in [0.2, 0.25) is 18.1 Å². The summed E-state index contributed by atoms with van der Waals surface area (Å²) in [4.78, 5) is 0. The fraction of sp³-hybridized carbons (Fsp3) is 0.500. The molecule has 98 valence electrons. The highest BCUT2D eigenvalue weighted by molar-refractivity contribution is 6.74. The first kappa shape index (κ1) is 13.4. The molecule has 18 heavy (non-hydrogen) atoms. The van der Waals surface area contributed by atoms with E-state index in [4.69, 9.17) is 4.43 Å². The lowest BCUT2D eigenvalue weighted by Gasteiger charge is -2.38. The van der Waals surface area contributed by atoms with Crippen molar-refractivity contribution in [3.8, 4) is 0 Å². The maximum absolute atomic E-state index is 6.47. The topological polar surface area (TPSA) is 9.23 Å². The fourth-order valence-electron chi connectivity index (χ4n) is 1.97. The van der Waals surface area contributed by atoms with Gasteiger partial charge in [0, 0.05) is 5.56 Å². The highest BCUT2D eigenvalue weighted by Gasteiger charge is 2.39. The maximum Gasteiger partial charge on any atom is 0.250 e. The minimum Gasteiger partial charge on any atom is -0.543 e. The van der Waals surface area contributed by atoms with Crippen LogP contribution in [0.4, 0.5) is 0 Å².